The second-order valence-electron chi connectivity index (χ2n) is 8.02. The van der Waals surface area contributed by atoms with Crippen LogP contribution in [0.2, 0.25) is 0 Å². The quantitative estimate of drug-likeness (QED) is 0.132. The van der Waals surface area contributed by atoms with Crippen LogP contribution in [0.5, 0.6) is 0 Å². The van der Waals surface area contributed by atoms with Crippen molar-refractivity contribution in [1.82, 2.24) is 9.78 Å². The summed E-state index contributed by atoms with van der Waals surface area (Å²) >= 11 is 0. The monoisotopic (exact) mass is 876 g/mol. The number of carbonyl (C=O) groups excluding carboxylic acids is 3. The van der Waals surface area contributed by atoms with Gasteiger partial charge in [0.1, 0.15) is 25.9 Å². The Morgan fingerprint density at radius 1 is 0.791 bits per heavy atom. The van der Waals surface area contributed by atoms with Gasteiger partial charge in [-0.1, -0.05) is 6.08 Å². The molecule has 1 aromatic heterocycles. The number of hydrazone groups is 1. The van der Waals surface area contributed by atoms with Crippen LogP contribution < -0.4 is 20.8 Å². The first-order valence-corrected chi connectivity index (χ1v) is 13.6. The fraction of sp³-hybridized carbons (Fsp3) is 0. The van der Waals surface area contributed by atoms with Gasteiger partial charge < -0.3 is 28.9 Å². The fourth-order valence-electron chi connectivity index (χ4n) is 3.59. The Morgan fingerprint density at radius 2 is 1.28 bits per heavy atom. The van der Waals surface area contributed by atoms with Crippen LogP contribution in [0.15, 0.2) is 85.9 Å². The van der Waals surface area contributed by atoms with E-state index in [0.717, 1.165) is 66.8 Å². The summed E-state index contributed by atoms with van der Waals surface area (Å²) in [5.41, 5.74) is -3.76. The van der Waals surface area contributed by atoms with E-state index in [9.17, 15) is 55.3 Å². The molecule has 1 aliphatic rings. The Kier molecular flexibility index (Phi) is 12.4. The fourth-order valence-corrected chi connectivity index (χ4v) is 4.53. The summed E-state index contributed by atoms with van der Waals surface area (Å²) in [5, 5.41) is 29.7. The number of anilines is 1. The van der Waals surface area contributed by atoms with Crippen LogP contribution in [-0.2, 0) is 29.8 Å². The van der Waals surface area contributed by atoms with Gasteiger partial charge in [-0.05, 0) is 60.7 Å². The molecule has 0 saturated carbocycles. The number of H-pyrrole nitrogens is 1. The molecule has 0 unspecified atom stereocenters. The molecule has 20 heteroatoms. The van der Waals surface area contributed by atoms with Crippen LogP contribution in [0.3, 0.4) is 0 Å². The predicted molar refractivity (Wildman–Crippen MR) is 142 cm³/mol. The number of benzene rings is 2. The Hall–Kier alpha value is -2.03. The summed E-state index contributed by atoms with van der Waals surface area (Å²) in [4.78, 5) is 47.8. The topological polar surface area (TPSA) is 265 Å². The molecule has 16 nitrogen and oxygen atoms in total. The number of rotatable bonds is 8. The van der Waals surface area contributed by atoms with Gasteiger partial charge in [-0.3, -0.25) is 14.7 Å². The van der Waals surface area contributed by atoms with Gasteiger partial charge in [-0.25, -0.2) is 21.5 Å². The molecule has 4 rings (SSSR count). The number of carboxylic acids is 2. The molecule has 0 radical (unpaired) electrons. The molecule has 1 N–H and O–H groups in total. The van der Waals surface area contributed by atoms with Gasteiger partial charge in [0.2, 0.25) is 0 Å². The van der Waals surface area contributed by atoms with Gasteiger partial charge in [0.05, 0.1) is 49.9 Å². The van der Waals surface area contributed by atoms with Crippen LogP contribution in [0, 0.1) is 0 Å². The van der Waals surface area contributed by atoms with Gasteiger partial charge in [-0.15, -0.1) is 0 Å². The average Bonchev–Trinajstić information content (AvgIpc) is 3.40. The summed E-state index contributed by atoms with van der Waals surface area (Å²) in [7, 11) is -9.58. The molecule has 0 aliphatic carbocycles. The number of aromatic carboxylic acids is 1. The third-order valence-corrected chi connectivity index (χ3v) is 7.18. The van der Waals surface area contributed by atoms with E-state index in [1.54, 1.807) is 0 Å². The standard InChI is InChI=1S/C23H16N4O12S2.2Ba/c28-20-16(18(22(30)31)24-26(20)12-4-8-14(9-5-12)40(34,35)36)2-1-3-17-19(23(32)33)25-27(21(17)29)13-6-10-15(11-7-13)41(37,38)39;;/h1-11,24H,(H,30,31)(H,32,33)(H,34,35,36)(H,37,38,39);;/q;2*+2/p-4/b2-1+,17-3-;;. The third kappa shape index (κ3) is 8.17. The molecule has 0 atom stereocenters. The Morgan fingerprint density at radius 3 is 1.72 bits per heavy atom. The molecule has 212 valence electrons. The number of carbonyl (C=O) groups is 3. The maximum atomic E-state index is 12.9. The molecule has 0 saturated heterocycles. The van der Waals surface area contributed by atoms with Crippen molar-refractivity contribution in [2.75, 3.05) is 5.01 Å². The van der Waals surface area contributed by atoms with E-state index in [1.165, 1.54) is 0 Å². The zero-order valence-corrected chi connectivity index (χ0v) is 31.8. The van der Waals surface area contributed by atoms with Crippen LogP contribution in [0.25, 0.3) is 11.8 Å². The molecule has 2 heterocycles. The molecule has 43 heavy (non-hydrogen) atoms. The summed E-state index contributed by atoms with van der Waals surface area (Å²) in [6.45, 7) is 0. The predicted octanol–water partition coefficient (Wildman–Crippen LogP) is -3.33. The number of allylic oxidation sites excluding steroid dienone is 2. The maximum Gasteiger partial charge on any atom is 2.00 e. The Bertz CT molecular complexity index is 1980. The van der Waals surface area contributed by atoms with Crippen LogP contribution in [-0.4, -0.2) is 157 Å². The van der Waals surface area contributed by atoms with Gasteiger partial charge in [0, 0.05) is 0 Å². The summed E-state index contributed by atoms with van der Waals surface area (Å²) in [6.07, 6.45) is 2.79. The number of hydrogen-bond donors (Lipinski definition) is 1. The molecular formula is C23H12Ba2N4O12S2. The number of amides is 1. The van der Waals surface area contributed by atoms with Gasteiger partial charge in [-0.2, -0.15) is 10.1 Å². The summed E-state index contributed by atoms with van der Waals surface area (Å²) in [6, 6.07) is 7.74. The number of aromatic nitrogens is 2. The SMILES string of the molecule is O=C([O-])C1=NN(c2ccc(S(=O)(=O)[O-])cc2)C(=O)/C1=C\C=C\c1c(C(=O)[O-])[nH]n(-c2ccc(S(=O)(=O)[O-])cc2)c1=O.[Ba+2].[Ba+2]. The molecule has 2 aromatic carbocycles. The number of nitrogens with zero attached hydrogens (tertiary/aromatic N) is 3. The zero-order chi connectivity index (χ0) is 30.3. The molecule has 0 fully saturated rings. The van der Waals surface area contributed by atoms with Crippen molar-refractivity contribution >= 4 is 153 Å². The van der Waals surface area contributed by atoms with E-state index in [2.05, 4.69) is 10.2 Å². The molecule has 0 bridgehead atoms. The van der Waals surface area contributed by atoms with Crippen molar-refractivity contribution < 1.29 is 50.5 Å². The van der Waals surface area contributed by atoms with Crippen LogP contribution in [0.4, 0.5) is 5.69 Å². The molecule has 1 aliphatic heterocycles. The van der Waals surface area contributed by atoms with Crippen molar-refractivity contribution in [2.24, 2.45) is 5.10 Å². The first-order chi connectivity index (χ1) is 19.1. The Balaban J connectivity index is 0.00000323. The Labute approximate surface area is 322 Å². The van der Waals surface area contributed by atoms with Crippen molar-refractivity contribution in [3.05, 3.63) is 87.9 Å². The van der Waals surface area contributed by atoms with Gasteiger partial charge >= 0.3 is 97.8 Å². The molecule has 1 amide bonds. The third-order valence-electron chi connectivity index (χ3n) is 5.48. The zero-order valence-electron chi connectivity index (χ0n) is 21.3. The second kappa shape index (κ2) is 14.4. The minimum Gasteiger partial charge on any atom is -0.744 e. The smallest absolute Gasteiger partial charge is 0.744 e. The number of aromatic amines is 1. The number of hydrogen-bond acceptors (Lipinski definition) is 13. The first kappa shape index (κ1) is 37.2. The van der Waals surface area contributed by atoms with E-state index in [1.807, 2.05) is 0 Å². The van der Waals surface area contributed by atoms with Gasteiger partial charge in [0.15, 0.2) is 0 Å². The largest absolute Gasteiger partial charge is 2.00 e. The van der Waals surface area contributed by atoms with E-state index < -0.39 is 76.0 Å². The maximum absolute atomic E-state index is 12.9. The minimum atomic E-state index is -4.79. The average molecular weight is 875 g/mol. The van der Waals surface area contributed by atoms with E-state index in [4.69, 9.17) is 0 Å². The second-order valence-corrected chi connectivity index (χ2v) is 10.8. The normalized spacial score (nSPS) is 14.4. The number of aliphatic carboxylic acids is 1. The van der Waals surface area contributed by atoms with Crippen molar-refractivity contribution in [3.8, 4) is 5.69 Å². The van der Waals surface area contributed by atoms with Gasteiger partial charge in [0.25, 0.3) is 11.5 Å². The van der Waals surface area contributed by atoms with E-state index >= 15 is 0 Å². The van der Waals surface area contributed by atoms with Crippen molar-refractivity contribution in [1.29, 1.82) is 0 Å². The van der Waals surface area contributed by atoms with Crippen LogP contribution in [0.1, 0.15) is 16.1 Å². The molecule has 0 spiro atoms. The van der Waals surface area contributed by atoms with E-state index in [0.29, 0.717) is 9.69 Å². The number of nitrogens with one attached hydrogen (secondary N) is 1. The van der Waals surface area contributed by atoms with Crippen LogP contribution >= 0.6 is 0 Å². The number of carboxylic acid groups (broad SMARTS) is 2. The molecule has 3 aromatic rings. The van der Waals surface area contributed by atoms with Crippen molar-refractivity contribution in [2.45, 2.75) is 9.79 Å². The van der Waals surface area contributed by atoms with E-state index in [-0.39, 0.29) is 109 Å². The summed E-state index contributed by atoms with van der Waals surface area (Å²) < 4.78 is 67.4. The van der Waals surface area contributed by atoms with Crippen molar-refractivity contribution in [3.63, 3.8) is 0 Å². The molecular weight excluding hydrogens is 863 g/mol. The summed E-state index contributed by atoms with van der Waals surface area (Å²) in [5.74, 6) is -4.72. The first-order valence-electron chi connectivity index (χ1n) is 10.8. The minimum absolute atomic E-state index is 0.